The van der Waals surface area contributed by atoms with Gasteiger partial charge < -0.3 is 5.32 Å². The maximum Gasteiger partial charge on any atom is 0.123 e. The van der Waals surface area contributed by atoms with Crippen LogP contribution in [-0.4, -0.2) is 12.6 Å². The van der Waals surface area contributed by atoms with Crippen LogP contribution in [0.3, 0.4) is 0 Å². The molecule has 1 aromatic carbocycles. The smallest absolute Gasteiger partial charge is 0.123 e. The Bertz CT molecular complexity index is 340. The van der Waals surface area contributed by atoms with E-state index in [0.29, 0.717) is 12.0 Å². The van der Waals surface area contributed by atoms with Crippen molar-refractivity contribution in [3.8, 4) is 0 Å². The molecule has 0 spiro atoms. The van der Waals surface area contributed by atoms with Crippen molar-refractivity contribution in [2.45, 2.75) is 39.2 Å². The topological polar surface area (TPSA) is 12.0 Å². The van der Waals surface area contributed by atoms with Crippen LogP contribution in [0.15, 0.2) is 24.3 Å². The Labute approximate surface area is 103 Å². The van der Waals surface area contributed by atoms with Crippen LogP contribution in [-0.2, 0) is 6.42 Å². The summed E-state index contributed by atoms with van der Waals surface area (Å²) in [5.74, 6) is 1.45. The first-order chi connectivity index (χ1) is 8.15. The Morgan fingerprint density at radius 2 is 1.88 bits per heavy atom. The molecule has 0 heterocycles. The molecule has 1 unspecified atom stereocenters. The third-order valence-corrected chi connectivity index (χ3v) is 3.49. The van der Waals surface area contributed by atoms with E-state index in [0.717, 1.165) is 18.9 Å². The van der Waals surface area contributed by atoms with Crippen molar-refractivity contribution in [3.05, 3.63) is 35.6 Å². The molecule has 2 heteroatoms. The first-order valence-corrected chi connectivity index (χ1v) is 6.63. The summed E-state index contributed by atoms with van der Waals surface area (Å²) >= 11 is 0. The summed E-state index contributed by atoms with van der Waals surface area (Å²) in [6.07, 6.45) is 3.81. The number of benzene rings is 1. The highest BCUT2D eigenvalue weighted by Crippen LogP contribution is 2.38. The van der Waals surface area contributed by atoms with Crippen molar-refractivity contribution < 1.29 is 4.39 Å². The Kier molecular flexibility index (Phi) is 4.16. The number of rotatable bonds is 6. The molecule has 1 nitrogen and oxygen atoms in total. The summed E-state index contributed by atoms with van der Waals surface area (Å²) in [5.41, 5.74) is 1.26. The highest BCUT2D eigenvalue weighted by Gasteiger charge is 2.30. The molecule has 1 saturated carbocycles. The predicted octanol–water partition coefficient (Wildman–Crippen LogP) is 3.39. The minimum absolute atomic E-state index is 0.142. The van der Waals surface area contributed by atoms with E-state index in [1.807, 2.05) is 12.1 Å². The summed E-state index contributed by atoms with van der Waals surface area (Å²) in [5, 5.41) is 3.52. The van der Waals surface area contributed by atoms with E-state index in [2.05, 4.69) is 19.2 Å². The first kappa shape index (κ1) is 12.6. The maximum absolute atomic E-state index is 12.8. The Balaban J connectivity index is 1.90. The molecule has 0 radical (unpaired) electrons. The van der Waals surface area contributed by atoms with Crippen molar-refractivity contribution >= 4 is 0 Å². The van der Waals surface area contributed by atoms with E-state index in [9.17, 15) is 4.39 Å². The normalized spacial score (nSPS) is 17.4. The average Bonchev–Trinajstić information content (AvgIpc) is 3.10. The molecule has 0 amide bonds. The predicted molar refractivity (Wildman–Crippen MR) is 69.5 cm³/mol. The van der Waals surface area contributed by atoms with Crippen LogP contribution in [0.4, 0.5) is 4.39 Å². The van der Waals surface area contributed by atoms with E-state index >= 15 is 0 Å². The van der Waals surface area contributed by atoms with Crippen molar-refractivity contribution in [1.82, 2.24) is 5.32 Å². The second-order valence-corrected chi connectivity index (χ2v) is 5.49. The third-order valence-electron chi connectivity index (χ3n) is 3.49. The molecule has 0 aromatic heterocycles. The van der Waals surface area contributed by atoms with Crippen molar-refractivity contribution in [1.29, 1.82) is 0 Å². The van der Waals surface area contributed by atoms with Gasteiger partial charge in [0.15, 0.2) is 0 Å². The zero-order valence-electron chi connectivity index (χ0n) is 10.7. The van der Waals surface area contributed by atoms with Gasteiger partial charge in [0.1, 0.15) is 5.82 Å². The molecule has 1 atom stereocenters. The van der Waals surface area contributed by atoms with E-state index < -0.39 is 0 Å². The summed E-state index contributed by atoms with van der Waals surface area (Å²) in [6.45, 7) is 5.45. The lowest BCUT2D eigenvalue weighted by Gasteiger charge is -2.19. The van der Waals surface area contributed by atoms with Gasteiger partial charge in [-0.25, -0.2) is 4.39 Å². The second-order valence-electron chi connectivity index (χ2n) is 5.49. The van der Waals surface area contributed by atoms with Gasteiger partial charge in [-0.1, -0.05) is 26.0 Å². The van der Waals surface area contributed by atoms with Crippen LogP contribution in [0.5, 0.6) is 0 Å². The van der Waals surface area contributed by atoms with Gasteiger partial charge in [0.25, 0.3) is 0 Å². The maximum atomic E-state index is 12.8. The molecular weight excluding hydrogens is 213 g/mol. The van der Waals surface area contributed by atoms with E-state index in [4.69, 9.17) is 0 Å². The zero-order chi connectivity index (χ0) is 12.3. The van der Waals surface area contributed by atoms with Crippen LogP contribution in [0.1, 0.15) is 32.3 Å². The zero-order valence-corrected chi connectivity index (χ0v) is 10.7. The lowest BCUT2D eigenvalue weighted by atomic mass is 9.94. The molecule has 94 valence electrons. The van der Waals surface area contributed by atoms with Crippen LogP contribution in [0.25, 0.3) is 0 Å². The molecule has 2 rings (SSSR count). The summed E-state index contributed by atoms with van der Waals surface area (Å²) < 4.78 is 12.8. The van der Waals surface area contributed by atoms with Crippen LogP contribution >= 0.6 is 0 Å². The van der Waals surface area contributed by atoms with E-state index in [1.165, 1.54) is 18.4 Å². The fraction of sp³-hybridized carbons (Fsp3) is 0.600. The minimum atomic E-state index is -0.142. The minimum Gasteiger partial charge on any atom is -0.314 e. The Morgan fingerprint density at radius 3 is 2.41 bits per heavy atom. The standard InChI is InChI=1S/C15H22FN/c1-11(2)17-10-14(13-5-6-13)9-12-3-7-15(16)8-4-12/h3-4,7-8,11,13-14,17H,5-6,9-10H2,1-2H3. The molecule has 0 aliphatic heterocycles. The summed E-state index contributed by atoms with van der Waals surface area (Å²) in [4.78, 5) is 0. The molecule has 1 aliphatic carbocycles. The first-order valence-electron chi connectivity index (χ1n) is 6.63. The van der Waals surface area contributed by atoms with Gasteiger partial charge in [-0.05, 0) is 55.3 Å². The lowest BCUT2D eigenvalue weighted by Crippen LogP contribution is -2.30. The fourth-order valence-electron chi connectivity index (χ4n) is 2.28. The van der Waals surface area contributed by atoms with Crippen LogP contribution in [0, 0.1) is 17.7 Å². The number of hydrogen-bond donors (Lipinski definition) is 1. The van der Waals surface area contributed by atoms with Crippen LogP contribution in [0.2, 0.25) is 0 Å². The van der Waals surface area contributed by atoms with Gasteiger partial charge in [0.05, 0.1) is 0 Å². The molecule has 0 saturated heterocycles. The third kappa shape index (κ3) is 4.12. The number of nitrogens with one attached hydrogen (secondary N) is 1. The lowest BCUT2D eigenvalue weighted by molar-refractivity contribution is 0.404. The van der Waals surface area contributed by atoms with Gasteiger partial charge in [-0.15, -0.1) is 0 Å². The molecule has 17 heavy (non-hydrogen) atoms. The molecule has 1 aliphatic rings. The van der Waals surface area contributed by atoms with E-state index in [1.54, 1.807) is 12.1 Å². The SMILES string of the molecule is CC(C)NCC(Cc1ccc(F)cc1)C1CC1. The van der Waals surface area contributed by atoms with Crippen molar-refractivity contribution in [2.75, 3.05) is 6.54 Å². The second kappa shape index (κ2) is 5.63. The van der Waals surface area contributed by atoms with Gasteiger partial charge in [-0.2, -0.15) is 0 Å². The highest BCUT2D eigenvalue weighted by atomic mass is 19.1. The van der Waals surface area contributed by atoms with E-state index in [-0.39, 0.29) is 5.82 Å². The molecule has 1 aromatic rings. The molecule has 1 N–H and O–H groups in total. The fourth-order valence-corrected chi connectivity index (χ4v) is 2.28. The van der Waals surface area contributed by atoms with Gasteiger partial charge in [0, 0.05) is 6.04 Å². The van der Waals surface area contributed by atoms with Gasteiger partial charge in [-0.3, -0.25) is 0 Å². The van der Waals surface area contributed by atoms with Gasteiger partial charge >= 0.3 is 0 Å². The summed E-state index contributed by atoms with van der Waals surface area (Å²) in [6, 6.07) is 7.51. The Hall–Kier alpha value is -0.890. The molecular formula is C15H22FN. The van der Waals surface area contributed by atoms with Crippen LogP contribution < -0.4 is 5.32 Å². The number of halogens is 1. The number of hydrogen-bond acceptors (Lipinski definition) is 1. The summed E-state index contributed by atoms with van der Waals surface area (Å²) in [7, 11) is 0. The van der Waals surface area contributed by atoms with Gasteiger partial charge in [0.2, 0.25) is 0 Å². The largest absolute Gasteiger partial charge is 0.314 e. The highest BCUT2D eigenvalue weighted by molar-refractivity contribution is 5.17. The quantitative estimate of drug-likeness (QED) is 0.797. The van der Waals surface area contributed by atoms with Crippen molar-refractivity contribution in [3.63, 3.8) is 0 Å². The molecule has 1 fully saturated rings. The Morgan fingerprint density at radius 1 is 1.24 bits per heavy atom. The monoisotopic (exact) mass is 235 g/mol. The van der Waals surface area contributed by atoms with Crippen molar-refractivity contribution in [2.24, 2.45) is 11.8 Å². The molecule has 0 bridgehead atoms. The average molecular weight is 235 g/mol.